The minimum absolute atomic E-state index is 0.0215. The molecule has 1 unspecified atom stereocenters. The van der Waals surface area contributed by atoms with Gasteiger partial charge in [0, 0.05) is 12.0 Å². The first-order chi connectivity index (χ1) is 7.18. The van der Waals surface area contributed by atoms with E-state index < -0.39 is 6.10 Å². The Morgan fingerprint density at radius 1 is 1.27 bits per heavy atom. The van der Waals surface area contributed by atoms with E-state index in [-0.39, 0.29) is 11.6 Å². The molecular formula is C12H11FO2. The van der Waals surface area contributed by atoms with Gasteiger partial charge in [0.25, 0.3) is 0 Å². The van der Waals surface area contributed by atoms with E-state index in [1.807, 2.05) is 0 Å². The summed E-state index contributed by atoms with van der Waals surface area (Å²) in [5.41, 5.74) is 0.986. The second-order valence-electron chi connectivity index (χ2n) is 3.58. The topological polar surface area (TPSA) is 37.3 Å². The van der Waals surface area contributed by atoms with Gasteiger partial charge >= 0.3 is 0 Å². The molecule has 1 aliphatic carbocycles. The normalized spacial score (nSPS) is 17.7. The molecule has 0 amide bonds. The summed E-state index contributed by atoms with van der Waals surface area (Å²) in [5.74, 6) is -0.371. The zero-order chi connectivity index (χ0) is 10.8. The molecule has 2 rings (SSSR count). The molecule has 0 heterocycles. The van der Waals surface area contributed by atoms with E-state index in [1.165, 1.54) is 24.3 Å². The standard InChI is InChI=1S/C12H11FO2/c13-9-6-4-8(5-7-9)12(15)10-2-1-3-11(10)14/h2,4-7,12,15H,1,3H2. The van der Waals surface area contributed by atoms with E-state index in [9.17, 15) is 14.3 Å². The van der Waals surface area contributed by atoms with E-state index in [0.29, 0.717) is 24.0 Å². The number of carbonyl (C=O) groups is 1. The number of allylic oxidation sites excluding steroid dienone is 1. The minimum Gasteiger partial charge on any atom is -0.384 e. The molecule has 0 saturated carbocycles. The molecule has 2 nitrogen and oxygen atoms in total. The van der Waals surface area contributed by atoms with Crippen molar-refractivity contribution >= 4 is 5.78 Å². The van der Waals surface area contributed by atoms with Crippen LogP contribution in [0.4, 0.5) is 4.39 Å². The molecule has 3 heteroatoms. The summed E-state index contributed by atoms with van der Waals surface area (Å²) >= 11 is 0. The Balaban J connectivity index is 2.24. The highest BCUT2D eigenvalue weighted by atomic mass is 19.1. The fourth-order valence-electron chi connectivity index (χ4n) is 1.71. The minimum atomic E-state index is -0.916. The first-order valence-electron chi connectivity index (χ1n) is 4.85. The molecule has 1 aromatic carbocycles. The molecule has 0 bridgehead atoms. The number of aliphatic hydroxyl groups is 1. The maximum Gasteiger partial charge on any atom is 0.161 e. The molecule has 1 N–H and O–H groups in total. The maximum atomic E-state index is 12.6. The summed E-state index contributed by atoms with van der Waals surface area (Å²) in [6, 6.07) is 5.54. The number of hydrogen-bond acceptors (Lipinski definition) is 2. The third-order valence-corrected chi connectivity index (χ3v) is 2.54. The van der Waals surface area contributed by atoms with E-state index in [2.05, 4.69) is 0 Å². The van der Waals surface area contributed by atoms with Crippen molar-refractivity contribution in [2.45, 2.75) is 18.9 Å². The summed E-state index contributed by atoms with van der Waals surface area (Å²) in [6.45, 7) is 0. The molecule has 0 aliphatic heterocycles. The summed E-state index contributed by atoms with van der Waals surface area (Å²) in [6.07, 6.45) is 1.98. The van der Waals surface area contributed by atoms with Gasteiger partial charge in [0.2, 0.25) is 0 Å². The van der Waals surface area contributed by atoms with Crippen molar-refractivity contribution in [3.63, 3.8) is 0 Å². The Kier molecular flexibility index (Phi) is 2.64. The van der Waals surface area contributed by atoms with Crippen LogP contribution in [0.15, 0.2) is 35.9 Å². The zero-order valence-corrected chi connectivity index (χ0v) is 8.11. The molecule has 0 saturated heterocycles. The number of ketones is 1. The van der Waals surface area contributed by atoms with Crippen LogP contribution in [0.2, 0.25) is 0 Å². The number of carbonyl (C=O) groups excluding carboxylic acids is 1. The highest BCUT2D eigenvalue weighted by Gasteiger charge is 2.23. The van der Waals surface area contributed by atoms with Crippen molar-refractivity contribution < 1.29 is 14.3 Å². The van der Waals surface area contributed by atoms with Crippen molar-refractivity contribution in [1.29, 1.82) is 0 Å². The zero-order valence-electron chi connectivity index (χ0n) is 8.11. The van der Waals surface area contributed by atoms with Crippen molar-refractivity contribution in [2.24, 2.45) is 0 Å². The molecule has 0 radical (unpaired) electrons. The number of Topliss-reactive ketones (excluding diaryl/α,β-unsaturated/α-hetero) is 1. The lowest BCUT2D eigenvalue weighted by atomic mass is 10.0. The molecule has 1 atom stereocenters. The monoisotopic (exact) mass is 206 g/mol. The van der Waals surface area contributed by atoms with Crippen LogP contribution in [0.5, 0.6) is 0 Å². The maximum absolute atomic E-state index is 12.6. The fourth-order valence-corrected chi connectivity index (χ4v) is 1.71. The first-order valence-corrected chi connectivity index (χ1v) is 4.85. The van der Waals surface area contributed by atoms with E-state index >= 15 is 0 Å². The van der Waals surface area contributed by atoms with Crippen molar-refractivity contribution in [1.82, 2.24) is 0 Å². The number of rotatable bonds is 2. The lowest BCUT2D eigenvalue weighted by molar-refractivity contribution is -0.115. The predicted octanol–water partition coefficient (Wildman–Crippen LogP) is 2.15. The highest BCUT2D eigenvalue weighted by Crippen LogP contribution is 2.27. The first kappa shape index (κ1) is 10.1. The van der Waals surface area contributed by atoms with Crippen LogP contribution in [0.1, 0.15) is 24.5 Å². The van der Waals surface area contributed by atoms with Gasteiger partial charge in [-0.1, -0.05) is 18.2 Å². The number of halogens is 1. The third-order valence-electron chi connectivity index (χ3n) is 2.54. The number of aliphatic hydroxyl groups excluding tert-OH is 1. The van der Waals surface area contributed by atoms with Gasteiger partial charge in [0.05, 0.1) is 0 Å². The van der Waals surface area contributed by atoms with Gasteiger partial charge in [-0.25, -0.2) is 4.39 Å². The summed E-state index contributed by atoms with van der Waals surface area (Å²) in [7, 11) is 0. The Labute approximate surface area is 87.0 Å². The van der Waals surface area contributed by atoms with Crippen LogP contribution in [0, 0.1) is 5.82 Å². The van der Waals surface area contributed by atoms with Gasteiger partial charge < -0.3 is 5.11 Å². The Morgan fingerprint density at radius 3 is 2.47 bits per heavy atom. The van der Waals surface area contributed by atoms with Gasteiger partial charge in [0.1, 0.15) is 11.9 Å². The van der Waals surface area contributed by atoms with Crippen LogP contribution in [-0.4, -0.2) is 10.9 Å². The van der Waals surface area contributed by atoms with Gasteiger partial charge in [0.15, 0.2) is 5.78 Å². The van der Waals surface area contributed by atoms with Gasteiger partial charge in [-0.15, -0.1) is 0 Å². The highest BCUT2D eigenvalue weighted by molar-refractivity contribution is 5.98. The average Bonchev–Trinajstić information content (AvgIpc) is 2.65. The summed E-state index contributed by atoms with van der Waals surface area (Å²) < 4.78 is 12.6. The Hall–Kier alpha value is -1.48. The van der Waals surface area contributed by atoms with E-state index in [0.717, 1.165) is 0 Å². The van der Waals surface area contributed by atoms with Gasteiger partial charge in [-0.3, -0.25) is 4.79 Å². The molecule has 0 fully saturated rings. The largest absolute Gasteiger partial charge is 0.384 e. The quantitative estimate of drug-likeness (QED) is 0.805. The molecule has 78 valence electrons. The van der Waals surface area contributed by atoms with Crippen LogP contribution >= 0.6 is 0 Å². The molecule has 0 spiro atoms. The summed E-state index contributed by atoms with van der Waals surface area (Å²) in [4.78, 5) is 11.4. The SMILES string of the molecule is O=C1CCC=C1C(O)c1ccc(F)cc1. The van der Waals surface area contributed by atoms with Crippen molar-refractivity contribution in [3.05, 3.63) is 47.3 Å². The lowest BCUT2D eigenvalue weighted by Crippen LogP contribution is -2.07. The average molecular weight is 206 g/mol. The van der Waals surface area contributed by atoms with Crippen LogP contribution < -0.4 is 0 Å². The van der Waals surface area contributed by atoms with Gasteiger partial charge in [-0.2, -0.15) is 0 Å². The predicted molar refractivity (Wildman–Crippen MR) is 53.7 cm³/mol. The molecular weight excluding hydrogens is 195 g/mol. The molecule has 1 aromatic rings. The number of benzene rings is 1. The fraction of sp³-hybridized carbons (Fsp3) is 0.250. The molecule has 15 heavy (non-hydrogen) atoms. The second kappa shape index (κ2) is 3.95. The van der Waals surface area contributed by atoms with Crippen molar-refractivity contribution in [2.75, 3.05) is 0 Å². The lowest BCUT2D eigenvalue weighted by Gasteiger charge is -2.10. The van der Waals surface area contributed by atoms with Crippen LogP contribution in [-0.2, 0) is 4.79 Å². The smallest absolute Gasteiger partial charge is 0.161 e. The van der Waals surface area contributed by atoms with Crippen molar-refractivity contribution in [3.8, 4) is 0 Å². The molecule has 1 aliphatic rings. The second-order valence-corrected chi connectivity index (χ2v) is 3.58. The van der Waals surface area contributed by atoms with Gasteiger partial charge in [-0.05, 0) is 24.1 Å². The van der Waals surface area contributed by atoms with Crippen LogP contribution in [0.3, 0.4) is 0 Å². The molecule has 0 aromatic heterocycles. The van der Waals surface area contributed by atoms with E-state index in [4.69, 9.17) is 0 Å². The Morgan fingerprint density at radius 2 is 1.93 bits per heavy atom. The number of hydrogen-bond donors (Lipinski definition) is 1. The third kappa shape index (κ3) is 1.97. The van der Waals surface area contributed by atoms with Crippen LogP contribution in [0.25, 0.3) is 0 Å². The van der Waals surface area contributed by atoms with E-state index in [1.54, 1.807) is 6.08 Å². The summed E-state index contributed by atoms with van der Waals surface area (Å²) in [5, 5.41) is 9.87. The Bertz CT molecular complexity index is 406.